The molecule has 0 aliphatic heterocycles. The highest BCUT2D eigenvalue weighted by Gasteiger charge is 2.17. The van der Waals surface area contributed by atoms with Crippen LogP contribution < -0.4 is 4.57 Å². The van der Waals surface area contributed by atoms with Crippen molar-refractivity contribution in [1.29, 1.82) is 0 Å². The molecule has 0 radical (unpaired) electrons. The lowest BCUT2D eigenvalue weighted by Crippen LogP contribution is -2.37. The summed E-state index contributed by atoms with van der Waals surface area (Å²) < 4.78 is 4.84. The van der Waals surface area contributed by atoms with E-state index in [4.69, 9.17) is 0 Å². The van der Waals surface area contributed by atoms with Crippen LogP contribution in [0, 0.1) is 0 Å². The van der Waals surface area contributed by atoms with Gasteiger partial charge in [0.2, 0.25) is 0 Å². The zero-order valence-electron chi connectivity index (χ0n) is 18.5. The Morgan fingerprint density at radius 3 is 1.82 bits per heavy atom. The molecule has 0 spiro atoms. The molecule has 1 aromatic heterocycles. The Morgan fingerprint density at radius 1 is 0.679 bits per heavy atom. The Hall–Kier alpha value is -1.57. The lowest BCUT2D eigenvalue weighted by Gasteiger charge is -2.05. The number of imidazole rings is 1. The molecule has 0 saturated carbocycles. The Balaban J connectivity index is 1.62. The van der Waals surface area contributed by atoms with Gasteiger partial charge >= 0.3 is 0 Å². The number of unbranched alkanes of at least 4 members (excludes halogenated alkanes) is 11. The summed E-state index contributed by atoms with van der Waals surface area (Å²) in [5, 5.41) is 0. The van der Waals surface area contributed by atoms with Gasteiger partial charge < -0.3 is 0 Å². The number of aryl methyl sites for hydroxylation is 1. The third-order valence-corrected chi connectivity index (χ3v) is 5.77. The normalized spacial score (nSPS) is 11.2. The molecule has 0 saturated heterocycles. The summed E-state index contributed by atoms with van der Waals surface area (Å²) in [4.78, 5) is 0. The molecule has 0 amide bonds. The largest absolute Gasteiger partial charge is 0.261 e. The van der Waals surface area contributed by atoms with Crippen molar-refractivity contribution < 1.29 is 4.57 Å². The van der Waals surface area contributed by atoms with Crippen LogP contribution in [0.2, 0.25) is 0 Å². The number of aromatic nitrogens is 2. The first-order valence-corrected chi connectivity index (χ1v) is 12.0. The number of rotatable bonds is 16. The number of hydrogen-bond donors (Lipinski definition) is 0. The van der Waals surface area contributed by atoms with Gasteiger partial charge in [-0.1, -0.05) is 96.3 Å². The molecule has 0 N–H and O–H groups in total. The van der Waals surface area contributed by atoms with Crippen molar-refractivity contribution in [3.05, 3.63) is 48.5 Å². The summed E-state index contributed by atoms with van der Waals surface area (Å²) in [5.41, 5.74) is 1.28. The van der Waals surface area contributed by atoms with Gasteiger partial charge in [-0.15, -0.1) is 0 Å². The summed E-state index contributed by atoms with van der Waals surface area (Å²) in [6, 6.07) is 10.7. The van der Waals surface area contributed by atoms with Gasteiger partial charge in [0.15, 0.2) is 0 Å². The first kappa shape index (κ1) is 22.7. The third-order valence-electron chi connectivity index (χ3n) is 5.77. The smallest absolute Gasteiger partial charge is 0.234 e. The van der Waals surface area contributed by atoms with Crippen LogP contribution in [0.25, 0.3) is 5.69 Å². The SMILES string of the molecule is CCCCCCCCCCCCCC[n+]1ccn(-c2ccccc2)c1CCC. The van der Waals surface area contributed by atoms with Gasteiger partial charge in [-0.3, -0.25) is 0 Å². The highest BCUT2D eigenvalue weighted by atomic mass is 15.1. The maximum Gasteiger partial charge on any atom is 0.261 e. The van der Waals surface area contributed by atoms with Crippen molar-refractivity contribution in [2.45, 2.75) is 110 Å². The van der Waals surface area contributed by atoms with Crippen LogP contribution in [0.5, 0.6) is 0 Å². The molecular weight excluding hydrogens is 340 g/mol. The molecule has 28 heavy (non-hydrogen) atoms. The molecular formula is C26H43N2+. The predicted octanol–water partition coefficient (Wildman–Crippen LogP) is 7.42. The van der Waals surface area contributed by atoms with Gasteiger partial charge in [0, 0.05) is 6.42 Å². The first-order valence-electron chi connectivity index (χ1n) is 12.0. The number of para-hydroxylation sites is 1. The maximum absolute atomic E-state index is 2.48. The molecule has 1 heterocycles. The van der Waals surface area contributed by atoms with E-state index >= 15 is 0 Å². The molecule has 0 bridgehead atoms. The van der Waals surface area contributed by atoms with Gasteiger partial charge in [-0.2, -0.15) is 4.57 Å². The Morgan fingerprint density at radius 2 is 1.25 bits per heavy atom. The molecule has 2 nitrogen and oxygen atoms in total. The van der Waals surface area contributed by atoms with E-state index < -0.39 is 0 Å². The monoisotopic (exact) mass is 383 g/mol. The van der Waals surface area contributed by atoms with Crippen LogP contribution in [-0.4, -0.2) is 4.57 Å². The zero-order chi connectivity index (χ0) is 19.9. The van der Waals surface area contributed by atoms with Gasteiger partial charge in [0.05, 0.1) is 6.54 Å². The highest BCUT2D eigenvalue weighted by Crippen LogP contribution is 2.13. The van der Waals surface area contributed by atoms with Crippen molar-refractivity contribution in [1.82, 2.24) is 4.57 Å². The average Bonchev–Trinajstić information content (AvgIpc) is 3.12. The zero-order valence-corrected chi connectivity index (χ0v) is 18.5. The molecule has 0 unspecified atom stereocenters. The van der Waals surface area contributed by atoms with Crippen molar-refractivity contribution in [2.24, 2.45) is 0 Å². The van der Waals surface area contributed by atoms with E-state index in [0.717, 1.165) is 13.0 Å². The second-order valence-corrected chi connectivity index (χ2v) is 8.25. The fourth-order valence-corrected chi connectivity index (χ4v) is 4.10. The predicted molar refractivity (Wildman–Crippen MR) is 121 cm³/mol. The minimum Gasteiger partial charge on any atom is -0.234 e. The van der Waals surface area contributed by atoms with Crippen LogP contribution >= 0.6 is 0 Å². The van der Waals surface area contributed by atoms with E-state index in [0.29, 0.717) is 0 Å². The minimum atomic E-state index is 1.14. The second kappa shape index (κ2) is 14.4. The summed E-state index contributed by atoms with van der Waals surface area (Å²) in [7, 11) is 0. The molecule has 1 aromatic carbocycles. The number of benzene rings is 1. The first-order chi connectivity index (χ1) is 13.9. The Kier molecular flexibility index (Phi) is 11.7. The Labute approximate surface area is 174 Å². The van der Waals surface area contributed by atoms with Crippen molar-refractivity contribution in [3.8, 4) is 5.69 Å². The molecule has 0 fully saturated rings. The lowest BCUT2D eigenvalue weighted by molar-refractivity contribution is -0.704. The molecule has 0 atom stereocenters. The summed E-state index contributed by atoms with van der Waals surface area (Å²) in [6.45, 7) is 5.73. The van der Waals surface area contributed by atoms with E-state index in [1.54, 1.807) is 0 Å². The number of nitrogens with zero attached hydrogens (tertiary/aromatic N) is 2. The third kappa shape index (κ3) is 8.20. The lowest BCUT2D eigenvalue weighted by atomic mass is 10.1. The summed E-state index contributed by atoms with van der Waals surface area (Å²) in [6.07, 6.45) is 23.8. The summed E-state index contributed by atoms with van der Waals surface area (Å²) >= 11 is 0. The van der Waals surface area contributed by atoms with Crippen molar-refractivity contribution >= 4 is 0 Å². The van der Waals surface area contributed by atoms with Gasteiger partial charge in [-0.25, -0.2) is 4.57 Å². The summed E-state index contributed by atoms with van der Waals surface area (Å²) in [5.74, 6) is 1.44. The molecule has 0 aliphatic carbocycles. The quantitative estimate of drug-likeness (QED) is 0.211. The minimum absolute atomic E-state index is 1.14. The number of hydrogen-bond acceptors (Lipinski definition) is 0. The van der Waals surface area contributed by atoms with Gasteiger partial charge in [-0.05, 0) is 31.4 Å². The average molecular weight is 384 g/mol. The maximum atomic E-state index is 2.48. The Bertz CT molecular complexity index is 615. The van der Waals surface area contributed by atoms with Crippen LogP contribution in [0.4, 0.5) is 0 Å². The van der Waals surface area contributed by atoms with E-state index in [1.807, 2.05) is 0 Å². The van der Waals surface area contributed by atoms with Crippen LogP contribution in [0.3, 0.4) is 0 Å². The van der Waals surface area contributed by atoms with Crippen molar-refractivity contribution in [3.63, 3.8) is 0 Å². The van der Waals surface area contributed by atoms with E-state index in [-0.39, 0.29) is 0 Å². The van der Waals surface area contributed by atoms with Crippen LogP contribution in [0.15, 0.2) is 42.7 Å². The van der Waals surface area contributed by atoms with E-state index in [2.05, 4.69) is 65.7 Å². The van der Waals surface area contributed by atoms with Gasteiger partial charge in [0.25, 0.3) is 5.82 Å². The highest BCUT2D eigenvalue weighted by molar-refractivity contribution is 5.31. The fraction of sp³-hybridized carbons (Fsp3) is 0.654. The molecule has 0 aliphatic rings. The second-order valence-electron chi connectivity index (χ2n) is 8.25. The van der Waals surface area contributed by atoms with Crippen LogP contribution in [-0.2, 0) is 13.0 Å². The van der Waals surface area contributed by atoms with Gasteiger partial charge in [0.1, 0.15) is 18.1 Å². The molecule has 2 aromatic rings. The van der Waals surface area contributed by atoms with E-state index in [1.165, 1.54) is 95.0 Å². The van der Waals surface area contributed by atoms with Crippen LogP contribution in [0.1, 0.15) is 103 Å². The standard InChI is InChI=1S/C26H43N2/c1-3-5-6-7-8-9-10-11-12-13-14-18-22-27-23-24-28(26(27)19-4-2)25-20-16-15-17-21-25/h15-17,20-21,23-24H,3-14,18-19,22H2,1-2H3/q+1. The topological polar surface area (TPSA) is 8.81 Å². The molecule has 156 valence electrons. The van der Waals surface area contributed by atoms with E-state index in [9.17, 15) is 0 Å². The van der Waals surface area contributed by atoms with Crippen molar-refractivity contribution in [2.75, 3.05) is 0 Å². The fourth-order valence-electron chi connectivity index (χ4n) is 4.10. The molecule has 2 rings (SSSR count). The molecule has 2 heteroatoms.